The maximum atomic E-state index is 12.6. The standard InChI is InChI=1S/C22H36BrNO2/c1-19(26)10-11-20(2)14(12-19)6-9-22(24)17-5-4-15(16(25)13-23)21(17,3)8-7-18(20)22/h14-15,17-18,26H,4-13,24H2,1-3H3/t14-,15+,17+,18+,19+,20-,21+,22+/m0/s1. The van der Waals surface area contributed by atoms with Gasteiger partial charge in [0.2, 0.25) is 0 Å². The van der Waals surface area contributed by atoms with Crippen LogP contribution in [0.4, 0.5) is 0 Å². The first-order valence-electron chi connectivity index (χ1n) is 10.7. The fraction of sp³-hybridized carbons (Fsp3) is 0.955. The van der Waals surface area contributed by atoms with Crippen molar-refractivity contribution in [1.82, 2.24) is 0 Å². The van der Waals surface area contributed by atoms with Crippen LogP contribution in [0, 0.1) is 34.5 Å². The SMILES string of the molecule is C[C@@]1(O)CC[C@@]2(C)[C@@H](CC[C@]3(N)[C@@H]2CC[C@]2(C)[C@@H](C(=O)CBr)CC[C@H]23)C1. The number of carbonyl (C=O) groups excluding carboxylic acids is 1. The highest BCUT2D eigenvalue weighted by atomic mass is 79.9. The number of alkyl halides is 1. The van der Waals surface area contributed by atoms with Crippen molar-refractivity contribution in [2.24, 2.45) is 40.2 Å². The lowest BCUT2D eigenvalue weighted by Crippen LogP contribution is -2.68. The van der Waals surface area contributed by atoms with Gasteiger partial charge >= 0.3 is 0 Å². The molecule has 0 bridgehead atoms. The molecule has 4 saturated carbocycles. The molecule has 0 unspecified atom stereocenters. The second-order valence-corrected chi connectivity index (χ2v) is 11.5. The van der Waals surface area contributed by atoms with Gasteiger partial charge in [-0.2, -0.15) is 0 Å². The van der Waals surface area contributed by atoms with Gasteiger partial charge in [0, 0.05) is 11.5 Å². The Morgan fingerprint density at radius 3 is 2.38 bits per heavy atom. The Bertz CT molecular complexity index is 607. The third-order valence-corrected chi connectivity index (χ3v) is 10.2. The van der Waals surface area contributed by atoms with Crippen molar-refractivity contribution in [2.45, 2.75) is 89.7 Å². The van der Waals surface area contributed by atoms with E-state index >= 15 is 0 Å². The van der Waals surface area contributed by atoms with Crippen molar-refractivity contribution >= 4 is 21.7 Å². The number of aliphatic hydroxyl groups is 1. The van der Waals surface area contributed by atoms with E-state index < -0.39 is 5.60 Å². The van der Waals surface area contributed by atoms with Crippen LogP contribution in [-0.4, -0.2) is 27.4 Å². The summed E-state index contributed by atoms with van der Waals surface area (Å²) in [5.41, 5.74) is 7.03. The quantitative estimate of drug-likeness (QED) is 0.642. The Hall–Kier alpha value is 0.0700. The van der Waals surface area contributed by atoms with E-state index in [0.717, 1.165) is 57.8 Å². The van der Waals surface area contributed by atoms with Crippen LogP contribution in [0.1, 0.15) is 78.6 Å². The number of hydrogen-bond donors (Lipinski definition) is 2. The fourth-order valence-electron chi connectivity index (χ4n) is 8.27. The molecule has 4 aliphatic carbocycles. The van der Waals surface area contributed by atoms with Crippen LogP contribution in [0.15, 0.2) is 0 Å². The minimum absolute atomic E-state index is 0.0828. The van der Waals surface area contributed by atoms with Crippen LogP contribution in [0.2, 0.25) is 0 Å². The molecular weight excluding hydrogens is 390 g/mol. The van der Waals surface area contributed by atoms with Crippen molar-refractivity contribution in [1.29, 1.82) is 0 Å². The molecule has 0 aromatic heterocycles. The van der Waals surface area contributed by atoms with Crippen molar-refractivity contribution in [3.05, 3.63) is 0 Å². The lowest BCUT2D eigenvalue weighted by atomic mass is 9.41. The van der Waals surface area contributed by atoms with E-state index in [-0.39, 0.29) is 22.3 Å². The number of halogens is 1. The summed E-state index contributed by atoms with van der Waals surface area (Å²) in [5, 5.41) is 11.1. The van der Waals surface area contributed by atoms with Crippen LogP contribution < -0.4 is 5.73 Å². The van der Waals surface area contributed by atoms with Gasteiger partial charge in [0.25, 0.3) is 0 Å². The molecule has 0 aliphatic heterocycles. The second-order valence-electron chi connectivity index (χ2n) is 10.9. The van der Waals surface area contributed by atoms with Gasteiger partial charge in [-0.05, 0) is 93.3 Å². The number of ketones is 1. The molecule has 0 aromatic carbocycles. The molecule has 0 spiro atoms. The molecule has 8 atom stereocenters. The highest BCUT2D eigenvalue weighted by Crippen LogP contribution is 2.68. The molecule has 3 nitrogen and oxygen atoms in total. The number of nitrogens with two attached hydrogens (primary N) is 1. The predicted molar refractivity (Wildman–Crippen MR) is 108 cm³/mol. The van der Waals surface area contributed by atoms with Crippen molar-refractivity contribution in [3.8, 4) is 0 Å². The van der Waals surface area contributed by atoms with E-state index in [0.29, 0.717) is 28.9 Å². The molecule has 4 heteroatoms. The Kier molecular flexibility index (Phi) is 4.50. The second kappa shape index (κ2) is 6.03. The maximum absolute atomic E-state index is 12.6. The molecule has 4 aliphatic rings. The van der Waals surface area contributed by atoms with E-state index in [1.807, 2.05) is 6.92 Å². The molecular formula is C22H36BrNO2. The van der Waals surface area contributed by atoms with Crippen molar-refractivity contribution in [2.75, 3.05) is 5.33 Å². The zero-order valence-corrected chi connectivity index (χ0v) is 18.3. The van der Waals surface area contributed by atoms with E-state index in [2.05, 4.69) is 29.8 Å². The minimum Gasteiger partial charge on any atom is -0.390 e. The molecule has 148 valence electrons. The summed E-state index contributed by atoms with van der Waals surface area (Å²) in [4.78, 5) is 12.6. The first kappa shape index (κ1) is 19.4. The van der Waals surface area contributed by atoms with Gasteiger partial charge in [-0.15, -0.1) is 0 Å². The molecule has 0 amide bonds. The largest absolute Gasteiger partial charge is 0.390 e. The summed E-state index contributed by atoms with van der Waals surface area (Å²) >= 11 is 3.41. The van der Waals surface area contributed by atoms with Gasteiger partial charge in [-0.1, -0.05) is 29.8 Å². The Morgan fingerprint density at radius 2 is 1.69 bits per heavy atom. The van der Waals surface area contributed by atoms with Gasteiger partial charge in [0.15, 0.2) is 0 Å². The van der Waals surface area contributed by atoms with Gasteiger partial charge < -0.3 is 10.8 Å². The third kappa shape index (κ3) is 2.54. The number of carbonyl (C=O) groups is 1. The molecule has 0 aromatic rings. The fourth-order valence-corrected chi connectivity index (χ4v) is 8.66. The van der Waals surface area contributed by atoms with Crippen LogP contribution in [-0.2, 0) is 4.79 Å². The molecule has 4 fully saturated rings. The topological polar surface area (TPSA) is 63.3 Å². The van der Waals surface area contributed by atoms with E-state index in [1.165, 1.54) is 0 Å². The maximum Gasteiger partial charge on any atom is 0.147 e. The predicted octanol–water partition coefficient (Wildman–Crippen LogP) is 4.44. The van der Waals surface area contributed by atoms with E-state index in [4.69, 9.17) is 5.73 Å². The number of Topliss-reactive ketones (excluding diaryl/α,β-unsaturated/α-hetero) is 1. The van der Waals surface area contributed by atoms with Crippen LogP contribution >= 0.6 is 15.9 Å². The van der Waals surface area contributed by atoms with Crippen LogP contribution in [0.5, 0.6) is 0 Å². The molecule has 0 heterocycles. The van der Waals surface area contributed by atoms with Gasteiger partial charge in [-0.25, -0.2) is 0 Å². The third-order valence-electron chi connectivity index (χ3n) is 9.67. The van der Waals surface area contributed by atoms with Crippen molar-refractivity contribution < 1.29 is 9.90 Å². The summed E-state index contributed by atoms with van der Waals surface area (Å²) in [7, 11) is 0. The normalized spacial score (nSPS) is 56.4. The van der Waals surface area contributed by atoms with E-state index in [9.17, 15) is 9.90 Å². The molecule has 0 saturated heterocycles. The summed E-state index contributed by atoms with van der Waals surface area (Å²) in [6.07, 6.45) is 9.59. The molecule has 3 N–H and O–H groups in total. The zero-order valence-electron chi connectivity index (χ0n) is 16.7. The first-order valence-corrected chi connectivity index (χ1v) is 11.8. The van der Waals surface area contributed by atoms with Crippen molar-refractivity contribution in [3.63, 3.8) is 0 Å². The first-order chi connectivity index (χ1) is 12.1. The Labute approximate surface area is 167 Å². The Balaban J connectivity index is 1.66. The smallest absolute Gasteiger partial charge is 0.147 e. The minimum atomic E-state index is -0.497. The number of hydrogen-bond acceptors (Lipinski definition) is 3. The summed E-state index contributed by atoms with van der Waals surface area (Å²) in [6.45, 7) is 6.85. The summed E-state index contributed by atoms with van der Waals surface area (Å²) < 4.78 is 0. The average Bonchev–Trinajstić information content (AvgIpc) is 2.93. The summed E-state index contributed by atoms with van der Waals surface area (Å²) in [6, 6.07) is 0. The molecule has 4 rings (SSSR count). The van der Waals surface area contributed by atoms with Crippen LogP contribution in [0.3, 0.4) is 0 Å². The monoisotopic (exact) mass is 425 g/mol. The Morgan fingerprint density at radius 1 is 1.00 bits per heavy atom. The average molecular weight is 426 g/mol. The zero-order chi connectivity index (χ0) is 19.0. The van der Waals surface area contributed by atoms with Gasteiger partial charge in [0.05, 0.1) is 10.9 Å². The van der Waals surface area contributed by atoms with E-state index in [1.54, 1.807) is 0 Å². The van der Waals surface area contributed by atoms with Crippen LogP contribution in [0.25, 0.3) is 0 Å². The van der Waals surface area contributed by atoms with Gasteiger partial charge in [0.1, 0.15) is 5.78 Å². The lowest BCUT2D eigenvalue weighted by molar-refractivity contribution is -0.158. The lowest BCUT2D eigenvalue weighted by Gasteiger charge is -2.66. The highest BCUT2D eigenvalue weighted by molar-refractivity contribution is 9.09. The number of fused-ring (bicyclic) bond motifs is 5. The molecule has 0 radical (unpaired) electrons. The highest BCUT2D eigenvalue weighted by Gasteiger charge is 2.66. The van der Waals surface area contributed by atoms with Gasteiger partial charge in [-0.3, -0.25) is 4.79 Å². The number of rotatable bonds is 2. The molecule has 26 heavy (non-hydrogen) atoms. The summed E-state index contributed by atoms with van der Waals surface area (Å²) in [5.74, 6) is 2.18.